The molecule has 1 aliphatic heterocycles. The summed E-state index contributed by atoms with van der Waals surface area (Å²) >= 11 is 0. The number of aliphatic imine (C=N–C) groups is 1. The number of anilines is 1. The second-order valence-corrected chi connectivity index (χ2v) is 8.66. The number of H-pyrrole nitrogens is 1. The van der Waals surface area contributed by atoms with E-state index in [4.69, 9.17) is 4.74 Å². The van der Waals surface area contributed by atoms with Crippen molar-refractivity contribution >= 4 is 28.9 Å². The number of fused-ring (bicyclic) bond motifs is 1. The van der Waals surface area contributed by atoms with Gasteiger partial charge in [-0.3, -0.25) is 0 Å². The Morgan fingerprint density at radius 2 is 2.13 bits per heavy atom. The molecule has 6 nitrogen and oxygen atoms in total. The lowest BCUT2D eigenvalue weighted by molar-refractivity contribution is 0.0604. The van der Waals surface area contributed by atoms with Gasteiger partial charge in [0.25, 0.3) is 0 Å². The SMILES string of the molecule is Cc1[nH]c2c(C#N)cc(F)c(N3CC[C@@H](F)C(C=NC(=O)OC(C)(C)C)C3)c2c1C. The summed E-state index contributed by atoms with van der Waals surface area (Å²) in [5.74, 6) is -1.21. The van der Waals surface area contributed by atoms with E-state index in [9.17, 15) is 14.4 Å². The Hall–Kier alpha value is -2.95. The number of alkyl halides is 1. The van der Waals surface area contributed by atoms with Crippen LogP contribution in [0.15, 0.2) is 11.1 Å². The van der Waals surface area contributed by atoms with Crippen molar-refractivity contribution < 1.29 is 18.3 Å². The zero-order valence-electron chi connectivity index (χ0n) is 17.8. The highest BCUT2D eigenvalue weighted by atomic mass is 19.1. The molecule has 0 radical (unpaired) electrons. The number of nitrogens with one attached hydrogen (secondary N) is 1. The number of aromatic amines is 1. The zero-order chi connectivity index (χ0) is 22.2. The normalized spacial score (nSPS) is 20.0. The molecule has 1 fully saturated rings. The van der Waals surface area contributed by atoms with Gasteiger partial charge in [-0.2, -0.15) is 10.3 Å². The van der Waals surface area contributed by atoms with Gasteiger partial charge in [0, 0.05) is 36.3 Å². The molecule has 0 saturated carbocycles. The van der Waals surface area contributed by atoms with Gasteiger partial charge in [0.15, 0.2) is 0 Å². The third kappa shape index (κ3) is 4.30. The Balaban J connectivity index is 1.94. The summed E-state index contributed by atoms with van der Waals surface area (Å²) in [6, 6.07) is 3.23. The zero-order valence-corrected chi connectivity index (χ0v) is 17.8. The number of aryl methyl sites for hydroxylation is 2. The highest BCUT2D eigenvalue weighted by molar-refractivity contribution is 5.99. The van der Waals surface area contributed by atoms with Gasteiger partial charge in [0.2, 0.25) is 0 Å². The van der Waals surface area contributed by atoms with E-state index in [2.05, 4.69) is 9.98 Å². The fourth-order valence-electron chi connectivity index (χ4n) is 3.74. The molecule has 1 unspecified atom stereocenters. The molecule has 2 heterocycles. The molecule has 8 heteroatoms. The van der Waals surface area contributed by atoms with Crippen molar-refractivity contribution in [2.24, 2.45) is 10.9 Å². The minimum Gasteiger partial charge on any atom is -0.442 e. The van der Waals surface area contributed by atoms with Crippen LogP contribution in [0.3, 0.4) is 0 Å². The minimum atomic E-state index is -1.20. The fraction of sp³-hybridized carbons (Fsp3) is 0.500. The molecule has 1 aliphatic rings. The number of carbonyl (C=O) groups excluding carboxylic acids is 1. The molecule has 1 N–H and O–H groups in total. The smallest absolute Gasteiger partial charge is 0.433 e. The minimum absolute atomic E-state index is 0.162. The Bertz CT molecular complexity index is 1050. The van der Waals surface area contributed by atoms with Crippen LogP contribution in [0.4, 0.5) is 19.3 Å². The summed E-state index contributed by atoms with van der Waals surface area (Å²) in [5, 5.41) is 10.0. The molecule has 1 saturated heterocycles. The molecule has 160 valence electrons. The number of piperidine rings is 1. The van der Waals surface area contributed by atoms with Crippen LogP contribution in [-0.4, -0.2) is 42.2 Å². The maximum absolute atomic E-state index is 15.1. The maximum atomic E-state index is 15.1. The van der Waals surface area contributed by atoms with Gasteiger partial charge in [-0.25, -0.2) is 13.6 Å². The Kier molecular flexibility index (Phi) is 5.84. The lowest BCUT2D eigenvalue weighted by Gasteiger charge is -2.35. The largest absolute Gasteiger partial charge is 0.442 e. The Labute approximate surface area is 174 Å². The summed E-state index contributed by atoms with van der Waals surface area (Å²) < 4.78 is 34.7. The van der Waals surface area contributed by atoms with Crippen molar-refractivity contribution in [3.05, 3.63) is 28.7 Å². The second-order valence-electron chi connectivity index (χ2n) is 8.66. The molecule has 30 heavy (non-hydrogen) atoms. The van der Waals surface area contributed by atoms with E-state index in [0.717, 1.165) is 11.3 Å². The number of halogens is 2. The first-order chi connectivity index (χ1) is 14.0. The van der Waals surface area contributed by atoms with E-state index in [1.165, 1.54) is 12.3 Å². The van der Waals surface area contributed by atoms with Gasteiger partial charge >= 0.3 is 6.09 Å². The van der Waals surface area contributed by atoms with Crippen molar-refractivity contribution in [2.45, 2.75) is 52.8 Å². The number of aromatic nitrogens is 1. The number of nitriles is 1. The van der Waals surface area contributed by atoms with E-state index in [1.54, 1.807) is 25.7 Å². The standard InChI is InChI=1S/C22H26F2N4O2/c1-12-13(2)27-19-14(9-25)8-17(24)20(18(12)19)28-7-6-16(23)15(11-28)10-26-21(29)30-22(3,4)5/h8,10,15-16,27H,6-7,11H2,1-5H3/t15?,16-/m1/s1. The number of benzene rings is 1. The monoisotopic (exact) mass is 416 g/mol. The quantitative estimate of drug-likeness (QED) is 0.701. The average molecular weight is 416 g/mol. The Morgan fingerprint density at radius 3 is 2.77 bits per heavy atom. The number of amides is 1. The lowest BCUT2D eigenvalue weighted by Crippen LogP contribution is -2.43. The van der Waals surface area contributed by atoms with E-state index in [1.807, 2.05) is 19.9 Å². The summed E-state index contributed by atoms with van der Waals surface area (Å²) in [6.07, 6.45) is -0.540. The molecular weight excluding hydrogens is 390 g/mol. The maximum Gasteiger partial charge on any atom is 0.433 e. The number of carbonyl (C=O) groups is 1. The fourth-order valence-corrected chi connectivity index (χ4v) is 3.74. The molecule has 0 aliphatic carbocycles. The first kappa shape index (κ1) is 21.8. The molecule has 1 aromatic heterocycles. The van der Waals surface area contributed by atoms with Crippen molar-refractivity contribution in [1.29, 1.82) is 5.26 Å². The van der Waals surface area contributed by atoms with Crippen molar-refractivity contribution in [3.63, 3.8) is 0 Å². The second kappa shape index (κ2) is 8.05. The summed E-state index contributed by atoms with van der Waals surface area (Å²) in [6.45, 7) is 9.38. The topological polar surface area (TPSA) is 81.5 Å². The van der Waals surface area contributed by atoms with Gasteiger partial charge in [-0.15, -0.1) is 0 Å². The summed E-state index contributed by atoms with van der Waals surface area (Å²) in [4.78, 5) is 20.5. The van der Waals surface area contributed by atoms with Crippen LogP contribution in [-0.2, 0) is 4.74 Å². The molecule has 0 bridgehead atoms. The first-order valence-electron chi connectivity index (χ1n) is 9.89. The number of hydrogen-bond acceptors (Lipinski definition) is 4. The molecule has 2 aromatic rings. The highest BCUT2D eigenvalue weighted by Crippen LogP contribution is 2.38. The predicted octanol–water partition coefficient (Wildman–Crippen LogP) is 4.97. The number of hydrogen-bond donors (Lipinski definition) is 1. The van der Waals surface area contributed by atoms with E-state index in [-0.39, 0.29) is 18.5 Å². The molecule has 2 atom stereocenters. The van der Waals surface area contributed by atoms with Crippen LogP contribution in [0.5, 0.6) is 0 Å². The molecule has 1 aromatic carbocycles. The van der Waals surface area contributed by atoms with Gasteiger partial charge in [0.05, 0.1) is 16.8 Å². The highest BCUT2D eigenvalue weighted by Gasteiger charge is 2.32. The van der Waals surface area contributed by atoms with Crippen LogP contribution in [0.1, 0.15) is 44.0 Å². The van der Waals surface area contributed by atoms with Crippen LogP contribution >= 0.6 is 0 Å². The number of ether oxygens (including phenoxy) is 1. The van der Waals surface area contributed by atoms with Gasteiger partial charge < -0.3 is 14.6 Å². The lowest BCUT2D eigenvalue weighted by atomic mass is 9.95. The van der Waals surface area contributed by atoms with E-state index >= 15 is 4.39 Å². The average Bonchev–Trinajstić information content (AvgIpc) is 2.94. The number of nitrogens with zero attached hydrogens (tertiary/aromatic N) is 3. The van der Waals surface area contributed by atoms with Gasteiger partial charge in [-0.05, 0) is 52.7 Å². The van der Waals surface area contributed by atoms with Crippen LogP contribution in [0.2, 0.25) is 0 Å². The van der Waals surface area contributed by atoms with Gasteiger partial charge in [-0.1, -0.05) is 0 Å². The summed E-state index contributed by atoms with van der Waals surface area (Å²) in [7, 11) is 0. The summed E-state index contributed by atoms with van der Waals surface area (Å²) in [5.41, 5.74) is 2.14. The van der Waals surface area contributed by atoms with Crippen LogP contribution in [0.25, 0.3) is 10.9 Å². The van der Waals surface area contributed by atoms with E-state index in [0.29, 0.717) is 23.1 Å². The molecule has 1 amide bonds. The third-order valence-corrected chi connectivity index (χ3v) is 5.28. The van der Waals surface area contributed by atoms with Crippen molar-refractivity contribution in [2.75, 3.05) is 18.0 Å². The van der Waals surface area contributed by atoms with Crippen LogP contribution < -0.4 is 4.90 Å². The van der Waals surface area contributed by atoms with E-state index < -0.39 is 29.6 Å². The first-order valence-corrected chi connectivity index (χ1v) is 9.89. The van der Waals surface area contributed by atoms with Crippen molar-refractivity contribution in [1.82, 2.24) is 4.98 Å². The number of rotatable bonds is 2. The van der Waals surface area contributed by atoms with Gasteiger partial charge in [0.1, 0.15) is 23.7 Å². The third-order valence-electron chi connectivity index (χ3n) is 5.28. The Morgan fingerprint density at radius 1 is 1.43 bits per heavy atom. The van der Waals surface area contributed by atoms with Crippen LogP contribution in [0, 0.1) is 36.9 Å². The molecule has 0 spiro atoms. The molecule has 3 rings (SSSR count). The van der Waals surface area contributed by atoms with Crippen molar-refractivity contribution in [3.8, 4) is 6.07 Å². The predicted molar refractivity (Wildman–Crippen MR) is 112 cm³/mol. The molecular formula is C22H26F2N4O2.